The SMILES string of the molecule is Cc1c(C(=O)c2sc3cc(Cl)ccc3c2Cl)c(O)n(Cc2ccccc2Cl)c(=O)c1C#N. The molecule has 32 heavy (non-hydrogen) atoms. The molecular weight excluding hydrogens is 491 g/mol. The Morgan fingerprint density at radius 1 is 1.19 bits per heavy atom. The number of thiophene rings is 1. The minimum absolute atomic E-state index is 0.0852. The molecule has 2 heterocycles. The van der Waals surface area contributed by atoms with E-state index >= 15 is 0 Å². The van der Waals surface area contributed by atoms with E-state index in [1.165, 1.54) is 6.92 Å². The number of nitrogens with zero attached hydrogens (tertiary/aromatic N) is 2. The summed E-state index contributed by atoms with van der Waals surface area (Å²) in [5, 5.41) is 22.3. The predicted octanol–water partition coefficient (Wildman–Crippen LogP) is 6.19. The first kappa shape index (κ1) is 22.4. The van der Waals surface area contributed by atoms with Crippen LogP contribution in [0, 0.1) is 18.3 Å². The van der Waals surface area contributed by atoms with Gasteiger partial charge in [0.15, 0.2) is 0 Å². The number of hydrogen-bond donors (Lipinski definition) is 1. The van der Waals surface area contributed by atoms with Gasteiger partial charge < -0.3 is 5.11 Å². The molecule has 2 aromatic heterocycles. The predicted molar refractivity (Wildman–Crippen MR) is 128 cm³/mol. The molecule has 0 aliphatic heterocycles. The smallest absolute Gasteiger partial charge is 0.271 e. The Labute approximate surface area is 201 Å². The molecule has 1 N–H and O–H groups in total. The average Bonchev–Trinajstić information content (AvgIpc) is 3.08. The van der Waals surface area contributed by atoms with E-state index < -0.39 is 17.2 Å². The standard InChI is InChI=1S/C23H13Cl3N2O3S/c1-11-15(9-27)22(30)28(10-12-4-2-3-5-16(12)25)23(31)18(11)20(29)21-19(26)14-7-6-13(24)8-17(14)32-21/h2-8,31H,10H2,1H3. The maximum absolute atomic E-state index is 13.5. The van der Waals surface area contributed by atoms with Crippen LogP contribution in [0.5, 0.6) is 5.88 Å². The number of nitriles is 1. The third-order valence-corrected chi connectivity index (χ3v) is 7.37. The summed E-state index contributed by atoms with van der Waals surface area (Å²) in [6.07, 6.45) is 0. The van der Waals surface area contributed by atoms with E-state index in [0.29, 0.717) is 25.7 Å². The molecule has 4 rings (SSSR count). The van der Waals surface area contributed by atoms with Crippen LogP contribution < -0.4 is 5.56 Å². The number of carbonyl (C=O) groups is 1. The van der Waals surface area contributed by atoms with Gasteiger partial charge in [-0.2, -0.15) is 5.26 Å². The molecule has 5 nitrogen and oxygen atoms in total. The molecule has 160 valence electrons. The minimum atomic E-state index is -0.715. The molecule has 0 saturated heterocycles. The highest BCUT2D eigenvalue weighted by Gasteiger charge is 2.28. The van der Waals surface area contributed by atoms with E-state index in [2.05, 4.69) is 0 Å². The minimum Gasteiger partial charge on any atom is -0.494 e. The van der Waals surface area contributed by atoms with Crippen LogP contribution in [0.1, 0.15) is 31.9 Å². The van der Waals surface area contributed by atoms with E-state index in [4.69, 9.17) is 34.8 Å². The van der Waals surface area contributed by atoms with Crippen LogP contribution in [0.2, 0.25) is 15.1 Å². The molecule has 0 radical (unpaired) electrons. The lowest BCUT2D eigenvalue weighted by Crippen LogP contribution is -2.27. The van der Waals surface area contributed by atoms with Gasteiger partial charge in [-0.25, -0.2) is 0 Å². The fourth-order valence-corrected chi connectivity index (χ4v) is 5.40. The summed E-state index contributed by atoms with van der Waals surface area (Å²) in [6, 6.07) is 13.7. The van der Waals surface area contributed by atoms with Crippen LogP contribution in [0.4, 0.5) is 0 Å². The number of aromatic hydroxyl groups is 1. The first-order valence-corrected chi connectivity index (χ1v) is 11.2. The van der Waals surface area contributed by atoms with Gasteiger partial charge in [0.05, 0.1) is 22.0 Å². The summed E-state index contributed by atoms with van der Waals surface area (Å²) in [7, 11) is 0. The van der Waals surface area contributed by atoms with Gasteiger partial charge in [-0.05, 0) is 36.2 Å². The topological polar surface area (TPSA) is 83.1 Å². The van der Waals surface area contributed by atoms with Crippen molar-refractivity contribution in [1.29, 1.82) is 5.26 Å². The Balaban J connectivity index is 1.94. The third-order valence-electron chi connectivity index (χ3n) is 5.11. The van der Waals surface area contributed by atoms with Crippen LogP contribution in [0.3, 0.4) is 0 Å². The normalized spacial score (nSPS) is 11.0. The lowest BCUT2D eigenvalue weighted by Gasteiger charge is -2.16. The number of rotatable bonds is 4. The van der Waals surface area contributed by atoms with Gasteiger partial charge in [-0.1, -0.05) is 59.1 Å². The Bertz CT molecular complexity index is 1520. The van der Waals surface area contributed by atoms with E-state index in [-0.39, 0.29) is 33.1 Å². The van der Waals surface area contributed by atoms with Crippen molar-refractivity contribution < 1.29 is 9.90 Å². The number of fused-ring (bicyclic) bond motifs is 1. The molecule has 0 amide bonds. The zero-order valence-electron chi connectivity index (χ0n) is 16.4. The second-order valence-electron chi connectivity index (χ2n) is 7.01. The number of pyridine rings is 1. The van der Waals surface area contributed by atoms with E-state index in [9.17, 15) is 20.0 Å². The van der Waals surface area contributed by atoms with E-state index in [1.807, 2.05) is 6.07 Å². The molecule has 0 unspecified atom stereocenters. The fraction of sp³-hybridized carbons (Fsp3) is 0.0870. The molecule has 2 aromatic carbocycles. The lowest BCUT2D eigenvalue weighted by atomic mass is 10.0. The quantitative estimate of drug-likeness (QED) is 0.337. The van der Waals surface area contributed by atoms with Crippen molar-refractivity contribution in [3.8, 4) is 11.9 Å². The Morgan fingerprint density at radius 3 is 2.59 bits per heavy atom. The highest BCUT2D eigenvalue weighted by atomic mass is 35.5. The molecule has 0 aliphatic carbocycles. The summed E-state index contributed by atoms with van der Waals surface area (Å²) < 4.78 is 1.67. The maximum atomic E-state index is 13.5. The zero-order valence-corrected chi connectivity index (χ0v) is 19.5. The zero-order chi connectivity index (χ0) is 23.2. The molecule has 0 aliphatic rings. The number of halogens is 3. The van der Waals surface area contributed by atoms with Crippen molar-refractivity contribution in [2.75, 3.05) is 0 Å². The van der Waals surface area contributed by atoms with Crippen LogP contribution in [-0.4, -0.2) is 15.5 Å². The number of hydrogen-bond acceptors (Lipinski definition) is 5. The first-order chi connectivity index (χ1) is 15.2. The summed E-state index contributed by atoms with van der Waals surface area (Å²) in [4.78, 5) is 26.6. The Morgan fingerprint density at radius 2 is 1.91 bits per heavy atom. The largest absolute Gasteiger partial charge is 0.494 e. The average molecular weight is 504 g/mol. The van der Waals surface area contributed by atoms with Gasteiger partial charge in [0, 0.05) is 20.1 Å². The van der Waals surface area contributed by atoms with Crippen LogP contribution in [-0.2, 0) is 6.54 Å². The van der Waals surface area contributed by atoms with Gasteiger partial charge in [-0.3, -0.25) is 14.2 Å². The van der Waals surface area contributed by atoms with Gasteiger partial charge in [0.2, 0.25) is 11.7 Å². The van der Waals surface area contributed by atoms with Crippen molar-refractivity contribution in [2.24, 2.45) is 0 Å². The summed E-state index contributed by atoms with van der Waals surface area (Å²) in [6.45, 7) is 1.33. The molecule has 0 spiro atoms. The second kappa shape index (κ2) is 8.61. The monoisotopic (exact) mass is 502 g/mol. The molecule has 0 atom stereocenters. The molecular formula is C23H13Cl3N2O3S. The van der Waals surface area contributed by atoms with Crippen molar-refractivity contribution in [3.63, 3.8) is 0 Å². The fourth-order valence-electron chi connectivity index (χ4n) is 3.46. The Hall–Kier alpha value is -2.82. The summed E-state index contributed by atoms with van der Waals surface area (Å²) in [5.41, 5.74) is -0.478. The molecule has 0 fully saturated rings. The highest BCUT2D eigenvalue weighted by molar-refractivity contribution is 7.21. The van der Waals surface area contributed by atoms with Crippen molar-refractivity contribution in [2.45, 2.75) is 13.5 Å². The molecule has 9 heteroatoms. The van der Waals surface area contributed by atoms with Crippen LogP contribution in [0.25, 0.3) is 10.1 Å². The highest BCUT2D eigenvalue weighted by Crippen LogP contribution is 2.39. The second-order valence-corrected chi connectivity index (χ2v) is 9.28. The third kappa shape index (κ3) is 3.68. The van der Waals surface area contributed by atoms with Gasteiger partial charge >= 0.3 is 0 Å². The van der Waals surface area contributed by atoms with Gasteiger partial charge in [0.25, 0.3) is 5.56 Å². The Kier molecular flexibility index (Phi) is 6.02. The van der Waals surface area contributed by atoms with Crippen molar-refractivity contribution >= 4 is 62.0 Å². The number of ketones is 1. The van der Waals surface area contributed by atoms with Crippen LogP contribution >= 0.6 is 46.1 Å². The number of aromatic nitrogens is 1. The van der Waals surface area contributed by atoms with Gasteiger partial charge in [0.1, 0.15) is 11.6 Å². The van der Waals surface area contributed by atoms with Crippen molar-refractivity contribution in [3.05, 3.63) is 95.0 Å². The molecule has 0 saturated carbocycles. The first-order valence-electron chi connectivity index (χ1n) is 9.26. The lowest BCUT2D eigenvalue weighted by molar-refractivity contribution is 0.103. The number of benzene rings is 2. The van der Waals surface area contributed by atoms with E-state index in [0.717, 1.165) is 15.9 Å². The number of carbonyl (C=O) groups excluding carboxylic acids is 1. The summed E-state index contributed by atoms with van der Waals surface area (Å²) >= 11 is 19.8. The molecule has 0 bridgehead atoms. The van der Waals surface area contributed by atoms with E-state index in [1.54, 1.807) is 42.5 Å². The maximum Gasteiger partial charge on any atom is 0.271 e. The van der Waals surface area contributed by atoms with Crippen LogP contribution in [0.15, 0.2) is 47.3 Å². The van der Waals surface area contributed by atoms with Gasteiger partial charge in [-0.15, -0.1) is 11.3 Å². The molecule has 4 aromatic rings. The van der Waals surface area contributed by atoms with Crippen molar-refractivity contribution in [1.82, 2.24) is 4.57 Å². The summed E-state index contributed by atoms with van der Waals surface area (Å²) in [5.74, 6) is -1.14.